The zero-order chi connectivity index (χ0) is 22.4. The van der Waals surface area contributed by atoms with Gasteiger partial charge in [0.15, 0.2) is 5.82 Å². The molecule has 1 aromatic heterocycles. The van der Waals surface area contributed by atoms with Crippen LogP contribution in [0.4, 0.5) is 14.6 Å². The SMILES string of the molecule is COc1cccc(F)c1-c1c(Cl)cc2c(N3CCNC(C)C3)nc(C3CNC3)nc2c1F. The zero-order valence-electron chi connectivity index (χ0n) is 17.9. The van der Waals surface area contributed by atoms with Crippen LogP contribution >= 0.6 is 11.6 Å². The van der Waals surface area contributed by atoms with Crippen molar-refractivity contribution in [2.75, 3.05) is 44.7 Å². The number of hydrogen-bond acceptors (Lipinski definition) is 6. The Hall–Kier alpha value is -2.55. The molecule has 3 heterocycles. The summed E-state index contributed by atoms with van der Waals surface area (Å²) in [6.45, 7) is 5.85. The van der Waals surface area contributed by atoms with Crippen molar-refractivity contribution in [3.63, 3.8) is 0 Å². The van der Waals surface area contributed by atoms with Crippen molar-refractivity contribution in [1.82, 2.24) is 20.6 Å². The van der Waals surface area contributed by atoms with E-state index in [1.807, 2.05) is 0 Å². The molecule has 6 nitrogen and oxygen atoms in total. The lowest BCUT2D eigenvalue weighted by atomic mass is 9.99. The number of fused-ring (bicyclic) bond motifs is 1. The molecule has 2 aromatic carbocycles. The summed E-state index contributed by atoms with van der Waals surface area (Å²) in [6, 6.07) is 6.27. The van der Waals surface area contributed by atoms with Gasteiger partial charge in [-0.1, -0.05) is 17.7 Å². The molecule has 2 aliphatic rings. The first-order valence-corrected chi connectivity index (χ1v) is 11.1. The summed E-state index contributed by atoms with van der Waals surface area (Å²) in [4.78, 5) is 11.6. The lowest BCUT2D eigenvalue weighted by Crippen LogP contribution is -2.50. The third-order valence-corrected chi connectivity index (χ3v) is 6.44. The largest absolute Gasteiger partial charge is 0.496 e. The molecule has 0 spiro atoms. The van der Waals surface area contributed by atoms with E-state index in [1.54, 1.807) is 12.1 Å². The molecule has 1 atom stereocenters. The Kier molecular flexibility index (Phi) is 5.61. The van der Waals surface area contributed by atoms with Gasteiger partial charge < -0.3 is 20.3 Å². The maximum absolute atomic E-state index is 16.1. The van der Waals surface area contributed by atoms with Crippen molar-refractivity contribution in [1.29, 1.82) is 0 Å². The normalized spacial score (nSPS) is 19.3. The Balaban J connectivity index is 1.77. The standard InChI is InChI=1S/C23H24ClF2N5O/c1-12-11-31(7-6-28-12)23-14-8-15(24)18(19-16(25)4-3-5-17(19)32-2)20(26)21(14)29-22(30-23)13-9-27-10-13/h3-5,8,12-13,27-28H,6-7,9-11H2,1-2H3. The van der Waals surface area contributed by atoms with Crippen LogP contribution in [0, 0.1) is 11.6 Å². The number of piperazine rings is 1. The number of halogens is 3. The molecule has 0 aliphatic carbocycles. The second-order valence-corrected chi connectivity index (χ2v) is 8.73. The van der Waals surface area contributed by atoms with Crippen LogP contribution < -0.4 is 20.3 Å². The van der Waals surface area contributed by atoms with Gasteiger partial charge in [-0.15, -0.1) is 0 Å². The molecule has 9 heteroatoms. The van der Waals surface area contributed by atoms with Gasteiger partial charge in [0.05, 0.1) is 17.7 Å². The van der Waals surface area contributed by atoms with Gasteiger partial charge >= 0.3 is 0 Å². The molecule has 0 amide bonds. The summed E-state index contributed by atoms with van der Waals surface area (Å²) in [7, 11) is 1.42. The van der Waals surface area contributed by atoms with Gasteiger partial charge in [-0.2, -0.15) is 0 Å². The van der Waals surface area contributed by atoms with E-state index >= 15 is 4.39 Å². The number of rotatable bonds is 4. The Bertz CT molecular complexity index is 1190. The van der Waals surface area contributed by atoms with Gasteiger partial charge in [0.2, 0.25) is 0 Å². The first-order valence-electron chi connectivity index (χ1n) is 10.7. The molecule has 2 saturated heterocycles. The molecule has 3 aromatic rings. The highest BCUT2D eigenvalue weighted by Crippen LogP contribution is 2.43. The lowest BCUT2D eigenvalue weighted by Gasteiger charge is -2.34. The van der Waals surface area contributed by atoms with Crippen LogP contribution in [0.25, 0.3) is 22.0 Å². The van der Waals surface area contributed by atoms with Crippen LogP contribution in [0.5, 0.6) is 5.75 Å². The zero-order valence-corrected chi connectivity index (χ0v) is 18.6. The second kappa shape index (κ2) is 8.42. The molecule has 0 bridgehead atoms. The minimum absolute atomic E-state index is 0.0118. The van der Waals surface area contributed by atoms with Crippen LogP contribution in [0.15, 0.2) is 24.3 Å². The molecule has 2 N–H and O–H groups in total. The first kappa shape index (κ1) is 21.3. The second-order valence-electron chi connectivity index (χ2n) is 8.32. The van der Waals surface area contributed by atoms with Gasteiger partial charge in [0, 0.05) is 55.6 Å². The number of ether oxygens (including phenoxy) is 1. The Morgan fingerprint density at radius 2 is 2.00 bits per heavy atom. The van der Waals surface area contributed by atoms with Crippen molar-refractivity contribution in [2.24, 2.45) is 0 Å². The fourth-order valence-electron chi connectivity index (χ4n) is 4.36. The number of hydrogen-bond donors (Lipinski definition) is 2. The predicted molar refractivity (Wildman–Crippen MR) is 122 cm³/mol. The van der Waals surface area contributed by atoms with Crippen molar-refractivity contribution < 1.29 is 13.5 Å². The maximum atomic E-state index is 16.1. The van der Waals surface area contributed by atoms with Crippen LogP contribution in [0.1, 0.15) is 18.7 Å². The quantitative estimate of drug-likeness (QED) is 0.620. The third kappa shape index (κ3) is 3.56. The molecule has 0 radical (unpaired) electrons. The molecule has 2 fully saturated rings. The summed E-state index contributed by atoms with van der Waals surface area (Å²) in [5.41, 5.74) is 0.0835. The van der Waals surface area contributed by atoms with E-state index < -0.39 is 11.6 Å². The summed E-state index contributed by atoms with van der Waals surface area (Å²) in [5.74, 6) is 0.288. The summed E-state index contributed by atoms with van der Waals surface area (Å²) < 4.78 is 36.2. The Morgan fingerprint density at radius 3 is 2.69 bits per heavy atom. The Morgan fingerprint density at radius 1 is 1.19 bits per heavy atom. The van der Waals surface area contributed by atoms with Gasteiger partial charge in [-0.25, -0.2) is 18.7 Å². The van der Waals surface area contributed by atoms with Crippen LogP contribution in [0.2, 0.25) is 5.02 Å². The topological polar surface area (TPSA) is 62.3 Å². The summed E-state index contributed by atoms with van der Waals surface area (Å²) >= 11 is 6.57. The minimum Gasteiger partial charge on any atom is -0.496 e. The van der Waals surface area contributed by atoms with Crippen molar-refractivity contribution in [3.05, 3.63) is 46.7 Å². The number of nitrogens with one attached hydrogen (secondary N) is 2. The van der Waals surface area contributed by atoms with Gasteiger partial charge in [-0.3, -0.25) is 0 Å². The molecule has 168 valence electrons. The van der Waals surface area contributed by atoms with Crippen LogP contribution in [-0.4, -0.2) is 55.8 Å². The van der Waals surface area contributed by atoms with E-state index in [4.69, 9.17) is 21.3 Å². The number of nitrogens with zero attached hydrogens (tertiary/aromatic N) is 3. The summed E-state index contributed by atoms with van der Waals surface area (Å²) in [6.07, 6.45) is 0. The van der Waals surface area contributed by atoms with E-state index in [0.717, 1.165) is 32.7 Å². The van der Waals surface area contributed by atoms with Crippen LogP contribution in [-0.2, 0) is 0 Å². The third-order valence-electron chi connectivity index (χ3n) is 6.14. The maximum Gasteiger partial charge on any atom is 0.159 e. The van der Waals surface area contributed by atoms with Crippen molar-refractivity contribution in [2.45, 2.75) is 18.9 Å². The van der Waals surface area contributed by atoms with Crippen molar-refractivity contribution >= 4 is 28.3 Å². The molecule has 32 heavy (non-hydrogen) atoms. The number of benzene rings is 2. The Labute approximate surface area is 189 Å². The highest BCUT2D eigenvalue weighted by molar-refractivity contribution is 6.34. The molecular weight excluding hydrogens is 436 g/mol. The van der Waals surface area contributed by atoms with E-state index in [0.29, 0.717) is 17.0 Å². The number of methoxy groups -OCH3 is 1. The van der Waals surface area contributed by atoms with E-state index in [-0.39, 0.29) is 39.4 Å². The average molecular weight is 460 g/mol. The lowest BCUT2D eigenvalue weighted by molar-refractivity contribution is 0.413. The van der Waals surface area contributed by atoms with Gasteiger partial charge in [0.1, 0.15) is 28.7 Å². The smallest absolute Gasteiger partial charge is 0.159 e. The molecular formula is C23H24ClF2N5O. The fraction of sp³-hybridized carbons (Fsp3) is 0.391. The first-order chi connectivity index (χ1) is 15.5. The van der Waals surface area contributed by atoms with E-state index in [1.165, 1.54) is 19.2 Å². The highest BCUT2D eigenvalue weighted by Gasteiger charge is 2.29. The number of aromatic nitrogens is 2. The van der Waals surface area contributed by atoms with Crippen LogP contribution in [0.3, 0.4) is 0 Å². The minimum atomic E-state index is -0.670. The predicted octanol–water partition coefficient (Wildman–Crippen LogP) is 3.72. The van der Waals surface area contributed by atoms with E-state index in [9.17, 15) is 4.39 Å². The molecule has 5 rings (SSSR count). The summed E-state index contributed by atoms with van der Waals surface area (Å²) in [5, 5.41) is 7.24. The fourth-order valence-corrected chi connectivity index (χ4v) is 4.65. The average Bonchev–Trinajstić information content (AvgIpc) is 2.73. The van der Waals surface area contributed by atoms with Gasteiger partial charge in [0.25, 0.3) is 0 Å². The monoisotopic (exact) mass is 459 g/mol. The van der Waals surface area contributed by atoms with Crippen molar-refractivity contribution in [3.8, 4) is 16.9 Å². The molecule has 2 aliphatic heterocycles. The highest BCUT2D eigenvalue weighted by atomic mass is 35.5. The molecule has 0 saturated carbocycles. The van der Waals surface area contributed by atoms with Gasteiger partial charge in [-0.05, 0) is 25.1 Å². The van der Waals surface area contributed by atoms with E-state index in [2.05, 4.69) is 27.4 Å². The molecule has 1 unspecified atom stereocenters. The number of anilines is 1.